The third-order valence-electron chi connectivity index (χ3n) is 5.84. The third-order valence-corrected chi connectivity index (χ3v) is 6.21. The van der Waals surface area contributed by atoms with Crippen molar-refractivity contribution >= 4 is 40.8 Å². The van der Waals surface area contributed by atoms with Gasteiger partial charge in [-0.2, -0.15) is 5.10 Å². The Bertz CT molecular complexity index is 1250. The fraction of sp³-hybridized carbons (Fsp3) is 0.182. The predicted octanol–water partition coefficient (Wildman–Crippen LogP) is 2.05. The van der Waals surface area contributed by atoms with Crippen LogP contribution in [-0.4, -0.2) is 34.0 Å². The zero-order chi connectivity index (χ0) is 21.8. The Hall–Kier alpha value is -3.65. The highest BCUT2D eigenvalue weighted by atomic mass is 35.5. The number of fused-ring (bicyclic) bond motifs is 4. The number of hydrogen-bond donors (Lipinski definition) is 2. The number of carbonyl (C=O) groups excluding carboxylic acids is 3. The van der Waals surface area contributed by atoms with Crippen LogP contribution < -0.4 is 16.0 Å². The maximum Gasteiger partial charge on any atom is 0.243 e. The molecule has 3 heterocycles. The van der Waals surface area contributed by atoms with Crippen LogP contribution >= 0.6 is 11.6 Å². The van der Waals surface area contributed by atoms with Gasteiger partial charge in [0.1, 0.15) is 17.8 Å². The van der Waals surface area contributed by atoms with Crippen LogP contribution in [0.1, 0.15) is 23.1 Å². The maximum absolute atomic E-state index is 13.7. The van der Waals surface area contributed by atoms with E-state index in [1.54, 1.807) is 29.1 Å². The molecule has 8 nitrogen and oxygen atoms in total. The van der Waals surface area contributed by atoms with Crippen molar-refractivity contribution in [2.75, 3.05) is 16.8 Å². The fourth-order valence-electron chi connectivity index (χ4n) is 4.52. The average molecular weight is 436 g/mol. The van der Waals surface area contributed by atoms with E-state index in [1.807, 2.05) is 30.3 Å². The van der Waals surface area contributed by atoms with Crippen LogP contribution in [0.2, 0.25) is 5.02 Å². The van der Waals surface area contributed by atoms with Crippen molar-refractivity contribution < 1.29 is 14.4 Å². The van der Waals surface area contributed by atoms with Gasteiger partial charge in [0.15, 0.2) is 0 Å². The minimum atomic E-state index is -1.26. The minimum Gasteiger partial charge on any atom is -0.368 e. The first-order chi connectivity index (χ1) is 14.9. The number of nitrogens with one attached hydrogen (secondary N) is 1. The van der Waals surface area contributed by atoms with E-state index < -0.39 is 11.3 Å². The predicted molar refractivity (Wildman–Crippen MR) is 115 cm³/mol. The number of aromatic nitrogens is 2. The van der Waals surface area contributed by atoms with Crippen molar-refractivity contribution in [3.8, 4) is 0 Å². The number of nitrogens with zero attached hydrogens (tertiary/aromatic N) is 3. The van der Waals surface area contributed by atoms with Gasteiger partial charge in [0.25, 0.3) is 0 Å². The van der Waals surface area contributed by atoms with E-state index in [4.69, 9.17) is 17.3 Å². The van der Waals surface area contributed by atoms with Gasteiger partial charge in [0, 0.05) is 22.7 Å². The summed E-state index contributed by atoms with van der Waals surface area (Å²) in [6.07, 6.45) is 1.52. The second-order valence-corrected chi connectivity index (χ2v) is 8.07. The van der Waals surface area contributed by atoms with Crippen LogP contribution in [-0.2, 0) is 26.3 Å². The number of anilines is 2. The third kappa shape index (κ3) is 2.83. The molecule has 0 fully saturated rings. The number of amides is 3. The molecule has 0 bridgehead atoms. The second kappa shape index (κ2) is 6.95. The second-order valence-electron chi connectivity index (χ2n) is 7.66. The van der Waals surface area contributed by atoms with E-state index in [0.29, 0.717) is 34.2 Å². The summed E-state index contributed by atoms with van der Waals surface area (Å²) in [5, 5.41) is 7.91. The van der Waals surface area contributed by atoms with Crippen molar-refractivity contribution in [1.29, 1.82) is 0 Å². The first kappa shape index (κ1) is 19.3. The van der Waals surface area contributed by atoms with E-state index in [1.165, 1.54) is 4.90 Å². The van der Waals surface area contributed by atoms with Gasteiger partial charge in [-0.3, -0.25) is 14.4 Å². The number of para-hydroxylation sites is 1. The lowest BCUT2D eigenvalue weighted by Gasteiger charge is -2.32. The van der Waals surface area contributed by atoms with Gasteiger partial charge in [0.2, 0.25) is 17.7 Å². The molecule has 5 rings (SSSR count). The Labute approximate surface area is 182 Å². The maximum atomic E-state index is 13.7. The molecule has 1 atom stereocenters. The average Bonchev–Trinajstić information content (AvgIpc) is 3.23. The van der Waals surface area contributed by atoms with Crippen molar-refractivity contribution in [3.05, 3.63) is 76.4 Å². The van der Waals surface area contributed by atoms with E-state index in [-0.39, 0.29) is 24.8 Å². The topological polar surface area (TPSA) is 110 Å². The molecule has 3 amide bonds. The van der Waals surface area contributed by atoms with Crippen LogP contribution in [0.4, 0.5) is 11.5 Å². The van der Waals surface area contributed by atoms with Gasteiger partial charge >= 0.3 is 0 Å². The number of rotatable bonds is 4. The van der Waals surface area contributed by atoms with Crippen LogP contribution in [0.15, 0.2) is 54.7 Å². The smallest absolute Gasteiger partial charge is 0.243 e. The monoisotopic (exact) mass is 435 g/mol. The van der Waals surface area contributed by atoms with Gasteiger partial charge in [0.05, 0.1) is 12.7 Å². The zero-order valence-corrected chi connectivity index (χ0v) is 17.1. The number of hydrogen-bond acceptors (Lipinski definition) is 4. The lowest BCUT2D eigenvalue weighted by atomic mass is 9.72. The summed E-state index contributed by atoms with van der Waals surface area (Å²) in [5.74, 6) is -0.853. The van der Waals surface area contributed by atoms with Crippen LogP contribution in [0, 0.1) is 0 Å². The van der Waals surface area contributed by atoms with Crippen LogP contribution in [0.25, 0.3) is 0 Å². The number of benzene rings is 2. The first-order valence-electron chi connectivity index (χ1n) is 9.71. The van der Waals surface area contributed by atoms with Crippen molar-refractivity contribution in [2.24, 2.45) is 5.73 Å². The first-order valence-corrected chi connectivity index (χ1v) is 10.1. The van der Waals surface area contributed by atoms with Gasteiger partial charge in [-0.05, 0) is 23.3 Å². The molecule has 31 heavy (non-hydrogen) atoms. The number of halogens is 1. The quantitative estimate of drug-likeness (QED) is 0.653. The molecule has 156 valence electrons. The molecule has 2 aliphatic heterocycles. The van der Waals surface area contributed by atoms with Crippen LogP contribution in [0.5, 0.6) is 0 Å². The van der Waals surface area contributed by atoms with Gasteiger partial charge < -0.3 is 16.0 Å². The fourth-order valence-corrected chi connectivity index (χ4v) is 4.71. The van der Waals surface area contributed by atoms with E-state index in [2.05, 4.69) is 10.4 Å². The SMILES string of the molecule is NC(=O)CN1C(=O)C2(CC(=O)Nc3c2cnn3Cc2ccccc2Cl)c2ccccc21. The molecule has 0 radical (unpaired) electrons. The summed E-state index contributed by atoms with van der Waals surface area (Å²) in [7, 11) is 0. The zero-order valence-electron chi connectivity index (χ0n) is 16.3. The van der Waals surface area contributed by atoms with E-state index in [0.717, 1.165) is 5.56 Å². The van der Waals surface area contributed by atoms with Crippen molar-refractivity contribution in [3.63, 3.8) is 0 Å². The molecular formula is C22H18ClN5O3. The van der Waals surface area contributed by atoms with E-state index >= 15 is 0 Å². The summed E-state index contributed by atoms with van der Waals surface area (Å²) in [4.78, 5) is 39.5. The minimum absolute atomic E-state index is 0.0805. The van der Waals surface area contributed by atoms with Gasteiger partial charge in [-0.25, -0.2) is 4.68 Å². The van der Waals surface area contributed by atoms with Crippen molar-refractivity contribution in [2.45, 2.75) is 18.4 Å². The van der Waals surface area contributed by atoms with Gasteiger partial charge in [-0.1, -0.05) is 48.0 Å². The van der Waals surface area contributed by atoms with Gasteiger partial charge in [-0.15, -0.1) is 0 Å². The summed E-state index contributed by atoms with van der Waals surface area (Å²) >= 11 is 6.30. The molecule has 0 saturated carbocycles. The highest BCUT2D eigenvalue weighted by Crippen LogP contribution is 2.52. The standard InChI is InChI=1S/C22H18ClN5O3/c23-16-7-3-1-5-13(16)11-28-20-15(10-25-28)22(9-19(30)26-20)14-6-2-4-8-17(14)27(21(22)31)12-18(24)29/h1-8,10H,9,11-12H2,(H2,24,29)(H,26,30). The summed E-state index contributed by atoms with van der Waals surface area (Å²) < 4.78 is 1.63. The Morgan fingerprint density at radius 1 is 1.13 bits per heavy atom. The molecule has 2 aromatic carbocycles. The highest BCUT2D eigenvalue weighted by Gasteiger charge is 2.57. The molecule has 9 heteroatoms. The molecule has 1 spiro atoms. The molecule has 1 aromatic heterocycles. The Balaban J connectivity index is 1.67. The Morgan fingerprint density at radius 2 is 1.87 bits per heavy atom. The Morgan fingerprint density at radius 3 is 2.65 bits per heavy atom. The molecule has 3 aromatic rings. The lowest BCUT2D eigenvalue weighted by molar-refractivity contribution is -0.127. The van der Waals surface area contributed by atoms with E-state index in [9.17, 15) is 14.4 Å². The number of nitrogens with two attached hydrogens (primary N) is 1. The largest absolute Gasteiger partial charge is 0.368 e. The molecule has 1 unspecified atom stereocenters. The molecular weight excluding hydrogens is 418 g/mol. The molecule has 3 N–H and O–H groups in total. The summed E-state index contributed by atoms with van der Waals surface area (Å²) in [6, 6.07) is 14.5. The molecule has 2 aliphatic rings. The normalized spacial score (nSPS) is 19.3. The Kier molecular flexibility index (Phi) is 4.33. The summed E-state index contributed by atoms with van der Waals surface area (Å²) in [6.45, 7) is 0.0640. The number of primary amides is 1. The summed E-state index contributed by atoms with van der Waals surface area (Å²) in [5.41, 5.74) is 6.79. The number of carbonyl (C=O) groups is 3. The highest BCUT2D eigenvalue weighted by molar-refractivity contribution is 6.31. The van der Waals surface area contributed by atoms with Crippen molar-refractivity contribution in [1.82, 2.24) is 9.78 Å². The lowest BCUT2D eigenvalue weighted by Crippen LogP contribution is -2.48. The molecule has 0 aliphatic carbocycles. The van der Waals surface area contributed by atoms with Crippen LogP contribution in [0.3, 0.4) is 0 Å². The molecule has 0 saturated heterocycles.